The van der Waals surface area contributed by atoms with Crippen LogP contribution in [-0.2, 0) is 14.4 Å². The lowest BCUT2D eigenvalue weighted by atomic mass is 10.2. The molecule has 0 radical (unpaired) electrons. The molecule has 0 aromatic carbocycles. The van der Waals surface area contributed by atoms with Crippen LogP contribution in [0.15, 0.2) is 0 Å². The largest absolute Gasteiger partial charge is 0.480 e. The number of nitrogens with one attached hydrogen (secondary N) is 1. The van der Waals surface area contributed by atoms with E-state index in [0.717, 1.165) is 6.42 Å². The van der Waals surface area contributed by atoms with E-state index in [2.05, 4.69) is 11.1 Å². The molecule has 2 atom stereocenters. The number of aliphatic carboxylic acids is 2. The first kappa shape index (κ1) is 20.6. The molecular formula is C11H23N3O6. The van der Waals surface area contributed by atoms with E-state index in [-0.39, 0.29) is 19.4 Å². The van der Waals surface area contributed by atoms with E-state index >= 15 is 0 Å². The number of carboxylic acids is 2. The molecule has 0 saturated carbocycles. The third kappa shape index (κ3) is 12.7. The Morgan fingerprint density at radius 2 is 1.75 bits per heavy atom. The van der Waals surface area contributed by atoms with Gasteiger partial charge in [0.15, 0.2) is 0 Å². The summed E-state index contributed by atoms with van der Waals surface area (Å²) in [5.41, 5.74) is 9.57. The van der Waals surface area contributed by atoms with Crippen LogP contribution in [0.1, 0.15) is 26.2 Å². The van der Waals surface area contributed by atoms with Gasteiger partial charge in [0.25, 0.3) is 0 Å². The van der Waals surface area contributed by atoms with E-state index in [0.29, 0.717) is 6.54 Å². The predicted molar refractivity (Wildman–Crippen MR) is 70.8 cm³/mol. The molecule has 9 nitrogen and oxygen atoms in total. The smallest absolute Gasteiger partial charge is 0.321 e. The Morgan fingerprint density at radius 1 is 1.20 bits per heavy atom. The monoisotopic (exact) mass is 293 g/mol. The van der Waals surface area contributed by atoms with E-state index in [4.69, 9.17) is 21.1 Å². The van der Waals surface area contributed by atoms with Gasteiger partial charge in [0.2, 0.25) is 5.91 Å². The van der Waals surface area contributed by atoms with Gasteiger partial charge in [0.1, 0.15) is 12.1 Å². The fourth-order valence-electron chi connectivity index (χ4n) is 1.06. The van der Waals surface area contributed by atoms with E-state index in [1.54, 1.807) is 0 Å². The summed E-state index contributed by atoms with van der Waals surface area (Å²) in [6.07, 6.45) is 0.861. The Morgan fingerprint density at radius 3 is 2.00 bits per heavy atom. The quantitative estimate of drug-likeness (QED) is 0.285. The van der Waals surface area contributed by atoms with Crippen LogP contribution < -0.4 is 16.8 Å². The van der Waals surface area contributed by atoms with Gasteiger partial charge in [-0.3, -0.25) is 14.4 Å². The highest BCUT2D eigenvalue weighted by Crippen LogP contribution is 1.90. The number of hydrogen-bond acceptors (Lipinski definition) is 6. The average molecular weight is 293 g/mol. The van der Waals surface area contributed by atoms with Gasteiger partial charge in [0, 0.05) is 6.61 Å². The Kier molecular flexibility index (Phi) is 12.7. The number of nitrogens with two attached hydrogens (primary N) is 2. The number of hydrogen-bond donors (Lipinski definition) is 6. The van der Waals surface area contributed by atoms with Gasteiger partial charge in [-0.1, -0.05) is 6.92 Å². The molecule has 0 aliphatic rings. The second kappa shape index (κ2) is 12.3. The van der Waals surface area contributed by atoms with Crippen molar-refractivity contribution in [1.82, 2.24) is 5.32 Å². The molecule has 0 aromatic heterocycles. The van der Waals surface area contributed by atoms with Gasteiger partial charge < -0.3 is 32.1 Å². The lowest BCUT2D eigenvalue weighted by Crippen LogP contribution is -2.37. The first-order chi connectivity index (χ1) is 9.26. The molecule has 118 valence electrons. The molecule has 0 saturated heterocycles. The van der Waals surface area contributed by atoms with Crippen LogP contribution in [0.4, 0.5) is 0 Å². The van der Waals surface area contributed by atoms with Crippen molar-refractivity contribution >= 4 is 17.8 Å². The topological polar surface area (TPSA) is 176 Å². The zero-order chi connectivity index (χ0) is 16.1. The van der Waals surface area contributed by atoms with Crippen molar-refractivity contribution in [2.24, 2.45) is 11.5 Å². The first-order valence-electron chi connectivity index (χ1n) is 6.09. The minimum absolute atomic E-state index is 0.0896. The normalized spacial score (nSPS) is 12.8. The van der Waals surface area contributed by atoms with Crippen LogP contribution >= 0.6 is 0 Å². The number of rotatable bonds is 9. The van der Waals surface area contributed by atoms with Crippen molar-refractivity contribution in [3.63, 3.8) is 0 Å². The summed E-state index contributed by atoms with van der Waals surface area (Å²) in [4.78, 5) is 30.3. The molecule has 0 aromatic rings. The van der Waals surface area contributed by atoms with Crippen LogP contribution in [0.5, 0.6) is 0 Å². The van der Waals surface area contributed by atoms with E-state index in [1.807, 2.05) is 6.92 Å². The van der Waals surface area contributed by atoms with Crippen LogP contribution in [0.2, 0.25) is 0 Å². The summed E-state index contributed by atoms with van der Waals surface area (Å²) in [6.45, 7) is 2.55. The van der Waals surface area contributed by atoms with Crippen LogP contribution in [0.3, 0.4) is 0 Å². The van der Waals surface area contributed by atoms with Crippen molar-refractivity contribution in [3.8, 4) is 0 Å². The molecule has 2 unspecified atom stereocenters. The lowest BCUT2D eigenvalue weighted by Gasteiger charge is -2.11. The number of carbonyl (C=O) groups is 3. The predicted octanol–water partition coefficient (Wildman–Crippen LogP) is -1.90. The molecule has 1 amide bonds. The number of amides is 1. The average Bonchev–Trinajstić information content (AvgIpc) is 2.34. The molecule has 0 rings (SSSR count). The van der Waals surface area contributed by atoms with Gasteiger partial charge >= 0.3 is 11.9 Å². The highest BCUT2D eigenvalue weighted by molar-refractivity contribution is 5.83. The third-order valence-corrected chi connectivity index (χ3v) is 2.09. The first-order valence-corrected chi connectivity index (χ1v) is 6.09. The summed E-state index contributed by atoms with van der Waals surface area (Å²) < 4.78 is 0. The number of carboxylic acid groups (broad SMARTS) is 2. The molecule has 0 spiro atoms. The number of carbonyl (C=O) groups excluding carboxylic acids is 1. The summed E-state index contributed by atoms with van der Waals surface area (Å²) in [5.74, 6) is -2.81. The minimum atomic E-state index is -1.21. The van der Waals surface area contributed by atoms with Gasteiger partial charge in [0.05, 0.1) is 6.42 Å². The molecule has 0 aliphatic carbocycles. The van der Waals surface area contributed by atoms with Gasteiger partial charge in [-0.15, -0.1) is 0 Å². The Balaban J connectivity index is 0. The molecule has 0 bridgehead atoms. The summed E-state index contributed by atoms with van der Waals surface area (Å²) in [5, 5.41) is 27.9. The van der Waals surface area contributed by atoms with Crippen molar-refractivity contribution in [1.29, 1.82) is 0 Å². The zero-order valence-electron chi connectivity index (χ0n) is 11.4. The van der Waals surface area contributed by atoms with E-state index in [9.17, 15) is 14.4 Å². The molecule has 9 heteroatoms. The van der Waals surface area contributed by atoms with Gasteiger partial charge in [-0.25, -0.2) is 0 Å². The number of aliphatic hydroxyl groups excluding tert-OH is 1. The maximum absolute atomic E-state index is 10.4. The standard InChI is InChI=1S/C7H15NO3.C4H8N2O3/c1-2-4-8-6(3-5-9)7(10)11;5-2(4(8)9)1-3(6)7/h6,8-9H,2-5H2,1H3,(H,10,11);2H,1,5H2,(H2,6,7)(H,8,9). The molecule has 8 N–H and O–H groups in total. The van der Waals surface area contributed by atoms with Crippen LogP contribution in [-0.4, -0.2) is 58.4 Å². The minimum Gasteiger partial charge on any atom is -0.480 e. The number of primary amides is 1. The fourth-order valence-corrected chi connectivity index (χ4v) is 1.06. The maximum atomic E-state index is 10.4. The molecule has 0 heterocycles. The van der Waals surface area contributed by atoms with Crippen molar-refractivity contribution in [2.45, 2.75) is 38.3 Å². The molecular weight excluding hydrogens is 270 g/mol. The highest BCUT2D eigenvalue weighted by Gasteiger charge is 2.14. The summed E-state index contributed by atoms with van der Waals surface area (Å²) in [6, 6.07) is -1.76. The zero-order valence-corrected chi connectivity index (χ0v) is 11.4. The van der Waals surface area contributed by atoms with Crippen molar-refractivity contribution in [2.75, 3.05) is 13.2 Å². The van der Waals surface area contributed by atoms with Crippen molar-refractivity contribution < 1.29 is 29.7 Å². The number of aliphatic hydroxyl groups is 1. The molecule has 0 aliphatic heterocycles. The second-order valence-electron chi connectivity index (χ2n) is 3.97. The SMILES string of the molecule is CCCNC(CCO)C(=O)O.NC(=O)CC(N)C(=O)O. The van der Waals surface area contributed by atoms with E-state index in [1.165, 1.54) is 0 Å². The van der Waals surface area contributed by atoms with Crippen LogP contribution in [0, 0.1) is 0 Å². The maximum Gasteiger partial charge on any atom is 0.321 e. The summed E-state index contributed by atoms with van der Waals surface area (Å²) in [7, 11) is 0. The Labute approximate surface area is 116 Å². The lowest BCUT2D eigenvalue weighted by molar-refractivity contribution is -0.140. The molecule has 0 fully saturated rings. The van der Waals surface area contributed by atoms with Gasteiger partial charge in [-0.2, -0.15) is 0 Å². The van der Waals surface area contributed by atoms with Crippen molar-refractivity contribution in [3.05, 3.63) is 0 Å². The molecule has 20 heavy (non-hydrogen) atoms. The summed E-state index contributed by atoms with van der Waals surface area (Å²) >= 11 is 0. The Hall–Kier alpha value is -1.71. The second-order valence-corrected chi connectivity index (χ2v) is 3.97. The highest BCUT2D eigenvalue weighted by atomic mass is 16.4. The van der Waals surface area contributed by atoms with E-state index < -0.39 is 29.9 Å². The third-order valence-electron chi connectivity index (χ3n) is 2.09. The fraction of sp³-hybridized carbons (Fsp3) is 0.727. The van der Waals surface area contributed by atoms with Gasteiger partial charge in [-0.05, 0) is 19.4 Å². The van der Waals surface area contributed by atoms with Crippen LogP contribution in [0.25, 0.3) is 0 Å². The Bertz CT molecular complexity index is 311.